The summed E-state index contributed by atoms with van der Waals surface area (Å²) in [5, 5.41) is 5.91. The van der Waals surface area contributed by atoms with Crippen LogP contribution in [0.2, 0.25) is 0 Å². The van der Waals surface area contributed by atoms with E-state index in [1.807, 2.05) is 6.07 Å². The van der Waals surface area contributed by atoms with E-state index in [0.29, 0.717) is 25.9 Å². The van der Waals surface area contributed by atoms with E-state index < -0.39 is 5.54 Å². The summed E-state index contributed by atoms with van der Waals surface area (Å²) in [6, 6.07) is 8.04. The third-order valence-corrected chi connectivity index (χ3v) is 7.08. The number of quaternary nitrogens is 1. The second-order valence-corrected chi connectivity index (χ2v) is 9.31. The predicted molar refractivity (Wildman–Crippen MR) is 117 cm³/mol. The Bertz CT molecular complexity index is 813. The lowest BCUT2D eigenvalue weighted by molar-refractivity contribution is -0.918. The van der Waals surface area contributed by atoms with Crippen LogP contribution in [0.4, 0.5) is 4.79 Å². The van der Waals surface area contributed by atoms with E-state index in [4.69, 9.17) is 0 Å². The molecule has 2 heterocycles. The van der Waals surface area contributed by atoms with Gasteiger partial charge in [0.2, 0.25) is 5.91 Å². The van der Waals surface area contributed by atoms with Crippen LogP contribution in [0.15, 0.2) is 24.3 Å². The smallest absolute Gasteiger partial charge is 0.325 e. The van der Waals surface area contributed by atoms with E-state index >= 15 is 0 Å². The highest BCUT2D eigenvalue weighted by molar-refractivity contribution is 6.07. The van der Waals surface area contributed by atoms with Gasteiger partial charge in [-0.2, -0.15) is 0 Å². The van der Waals surface area contributed by atoms with Gasteiger partial charge in [-0.3, -0.25) is 14.5 Å². The summed E-state index contributed by atoms with van der Waals surface area (Å²) in [7, 11) is 0. The summed E-state index contributed by atoms with van der Waals surface area (Å²) in [5.41, 5.74) is 1.81. The Balaban J connectivity index is 1.22. The Morgan fingerprint density at radius 2 is 1.74 bits per heavy atom. The number of likely N-dealkylation sites (tertiary alicyclic amines) is 1. The highest BCUT2D eigenvalue weighted by Gasteiger charge is 2.52. The van der Waals surface area contributed by atoms with Crippen LogP contribution >= 0.6 is 0 Å². The van der Waals surface area contributed by atoms with E-state index in [-0.39, 0.29) is 17.8 Å². The number of hydrogen-bond donors (Lipinski definition) is 3. The Hall–Kier alpha value is -2.41. The van der Waals surface area contributed by atoms with E-state index in [2.05, 4.69) is 28.8 Å². The summed E-state index contributed by atoms with van der Waals surface area (Å²) >= 11 is 0. The molecule has 4 rings (SSSR count). The minimum absolute atomic E-state index is 0.0391. The zero-order valence-corrected chi connectivity index (χ0v) is 18.4. The normalized spacial score (nSPS) is 21.0. The quantitative estimate of drug-likeness (QED) is 0.550. The molecular weight excluding hydrogens is 392 g/mol. The molecule has 1 saturated carbocycles. The summed E-state index contributed by atoms with van der Waals surface area (Å²) in [6.07, 6.45) is 8.14. The summed E-state index contributed by atoms with van der Waals surface area (Å²) in [5.74, 6) is -0.146. The Morgan fingerprint density at radius 1 is 1.03 bits per heavy atom. The Morgan fingerprint density at radius 3 is 2.48 bits per heavy atom. The van der Waals surface area contributed by atoms with Gasteiger partial charge >= 0.3 is 6.03 Å². The Kier molecular flexibility index (Phi) is 6.90. The molecule has 1 aromatic rings. The standard InChI is InChI=1S/C24H34N4O3/c29-21(11-8-16-28-22(30)24(26-23(28)31)12-4-5-13-24)25-17-19-9-2-3-10-20(19)18-27-14-6-1-7-15-27/h2-3,9-10H,1,4-8,11-18H2,(H,25,29)(H,26,31)/p+1. The molecule has 0 aromatic heterocycles. The highest BCUT2D eigenvalue weighted by atomic mass is 16.2. The monoisotopic (exact) mass is 427 g/mol. The van der Waals surface area contributed by atoms with Crippen LogP contribution in [0.25, 0.3) is 0 Å². The molecule has 2 aliphatic heterocycles. The number of carbonyl (C=O) groups excluding carboxylic acids is 3. The maximum Gasteiger partial charge on any atom is 0.325 e. The molecule has 2 saturated heterocycles. The Labute approximate surface area is 184 Å². The fourth-order valence-electron chi connectivity index (χ4n) is 5.28. The van der Waals surface area contributed by atoms with Crippen molar-refractivity contribution in [3.05, 3.63) is 35.4 Å². The topological polar surface area (TPSA) is 83.0 Å². The van der Waals surface area contributed by atoms with E-state index in [9.17, 15) is 14.4 Å². The van der Waals surface area contributed by atoms with Crippen LogP contribution in [0, 0.1) is 0 Å². The largest absolute Gasteiger partial charge is 0.352 e. The van der Waals surface area contributed by atoms with Gasteiger partial charge in [-0.25, -0.2) is 4.79 Å². The first-order valence-electron chi connectivity index (χ1n) is 11.9. The summed E-state index contributed by atoms with van der Waals surface area (Å²) < 4.78 is 0. The van der Waals surface area contributed by atoms with E-state index in [0.717, 1.165) is 32.2 Å². The molecule has 0 bridgehead atoms. The number of hydrogen-bond acceptors (Lipinski definition) is 3. The van der Waals surface area contributed by atoms with Crippen molar-refractivity contribution in [1.29, 1.82) is 0 Å². The molecule has 0 radical (unpaired) electrons. The third-order valence-electron chi connectivity index (χ3n) is 7.08. The SMILES string of the molecule is O=C(CCCN1C(=O)NC2(CCCC2)C1=O)NCc1ccccc1C[NH+]1CCCCC1. The first kappa shape index (κ1) is 21.8. The maximum absolute atomic E-state index is 12.7. The van der Waals surface area contributed by atoms with Crippen LogP contribution in [0.5, 0.6) is 0 Å². The fraction of sp³-hybridized carbons (Fsp3) is 0.625. The van der Waals surface area contributed by atoms with Crippen molar-refractivity contribution in [3.8, 4) is 0 Å². The van der Waals surface area contributed by atoms with Gasteiger partial charge in [0.25, 0.3) is 5.91 Å². The average molecular weight is 428 g/mol. The first-order chi connectivity index (χ1) is 15.1. The van der Waals surface area contributed by atoms with Crippen molar-refractivity contribution in [2.24, 2.45) is 0 Å². The van der Waals surface area contributed by atoms with Gasteiger partial charge < -0.3 is 15.5 Å². The molecule has 3 aliphatic rings. The van der Waals surface area contributed by atoms with Gasteiger partial charge in [0.1, 0.15) is 12.1 Å². The third kappa shape index (κ3) is 5.09. The number of benzene rings is 1. The number of nitrogens with one attached hydrogen (secondary N) is 3. The number of carbonyl (C=O) groups is 3. The number of rotatable bonds is 8. The zero-order valence-electron chi connectivity index (χ0n) is 18.4. The first-order valence-corrected chi connectivity index (χ1v) is 11.9. The maximum atomic E-state index is 12.7. The number of imide groups is 1. The minimum Gasteiger partial charge on any atom is -0.352 e. The van der Waals surface area contributed by atoms with Gasteiger partial charge in [0.15, 0.2) is 0 Å². The lowest BCUT2D eigenvalue weighted by atomic mass is 9.98. The number of piperidine rings is 1. The molecule has 7 heteroatoms. The predicted octanol–water partition coefficient (Wildman–Crippen LogP) is 1.52. The molecule has 1 aliphatic carbocycles. The molecule has 3 N–H and O–H groups in total. The van der Waals surface area contributed by atoms with Gasteiger partial charge in [-0.05, 0) is 44.1 Å². The molecule has 3 fully saturated rings. The minimum atomic E-state index is -0.667. The fourth-order valence-corrected chi connectivity index (χ4v) is 5.28. The second-order valence-electron chi connectivity index (χ2n) is 9.31. The van der Waals surface area contributed by atoms with Crippen molar-refractivity contribution in [3.63, 3.8) is 0 Å². The van der Waals surface area contributed by atoms with E-state index in [1.165, 1.54) is 48.4 Å². The lowest BCUT2D eigenvalue weighted by Crippen LogP contribution is -3.11. The van der Waals surface area contributed by atoms with Crippen LogP contribution in [-0.2, 0) is 22.7 Å². The van der Waals surface area contributed by atoms with Crippen molar-refractivity contribution >= 4 is 17.8 Å². The van der Waals surface area contributed by atoms with Gasteiger partial charge in [0, 0.05) is 25.1 Å². The van der Waals surface area contributed by atoms with Crippen molar-refractivity contribution in [1.82, 2.24) is 15.5 Å². The van der Waals surface area contributed by atoms with Crippen molar-refractivity contribution in [2.75, 3.05) is 19.6 Å². The zero-order chi connectivity index (χ0) is 21.7. The van der Waals surface area contributed by atoms with Gasteiger partial charge in [-0.1, -0.05) is 37.1 Å². The van der Waals surface area contributed by atoms with Gasteiger partial charge in [0.05, 0.1) is 13.1 Å². The van der Waals surface area contributed by atoms with Crippen LogP contribution in [-0.4, -0.2) is 47.9 Å². The van der Waals surface area contributed by atoms with Gasteiger partial charge in [-0.15, -0.1) is 0 Å². The van der Waals surface area contributed by atoms with Crippen LogP contribution in [0.1, 0.15) is 68.9 Å². The summed E-state index contributed by atoms with van der Waals surface area (Å²) in [4.78, 5) is 40.2. The number of amides is 4. The molecule has 1 spiro atoms. The van der Waals surface area contributed by atoms with Crippen LogP contribution in [0.3, 0.4) is 0 Å². The molecule has 1 aromatic carbocycles. The van der Waals surface area contributed by atoms with Crippen LogP contribution < -0.4 is 15.5 Å². The summed E-state index contributed by atoms with van der Waals surface area (Å²) in [6.45, 7) is 4.29. The molecule has 0 unspecified atom stereocenters. The molecule has 31 heavy (non-hydrogen) atoms. The second kappa shape index (κ2) is 9.81. The molecule has 168 valence electrons. The van der Waals surface area contributed by atoms with Crippen molar-refractivity contribution in [2.45, 2.75) is 76.4 Å². The molecule has 4 amide bonds. The highest BCUT2D eigenvalue weighted by Crippen LogP contribution is 2.35. The molecule has 0 atom stereocenters. The number of nitrogens with zero attached hydrogens (tertiary/aromatic N) is 1. The van der Waals surface area contributed by atoms with Crippen molar-refractivity contribution < 1.29 is 19.3 Å². The molecular formula is C24H35N4O3+. The molecule has 7 nitrogen and oxygen atoms in total. The lowest BCUT2D eigenvalue weighted by Gasteiger charge is -2.24. The number of urea groups is 1. The van der Waals surface area contributed by atoms with E-state index in [1.54, 1.807) is 4.90 Å². The average Bonchev–Trinajstić information content (AvgIpc) is 3.34.